The van der Waals surface area contributed by atoms with Gasteiger partial charge in [-0.15, -0.1) is 0 Å². The number of hydrogen-bond donors (Lipinski definition) is 1. The van der Waals surface area contributed by atoms with E-state index in [1.54, 1.807) is 0 Å². The quantitative estimate of drug-likeness (QED) is 0.631. The fourth-order valence-electron chi connectivity index (χ4n) is 3.37. The number of ether oxygens (including phenoxy) is 1. The first kappa shape index (κ1) is 18.8. The molecule has 0 radical (unpaired) electrons. The smallest absolute Gasteiger partial charge is 0.372 e. The molecule has 2 nitrogen and oxygen atoms in total. The molecule has 0 aromatic rings. The Hall–Kier alpha value is -0.290. The lowest BCUT2D eigenvalue weighted by Crippen LogP contribution is -2.41. The van der Waals surface area contributed by atoms with Crippen LogP contribution in [-0.4, -0.2) is 32.0 Å². The van der Waals surface area contributed by atoms with Gasteiger partial charge in [0.25, 0.3) is 0 Å². The second kappa shape index (κ2) is 9.67. The first-order chi connectivity index (χ1) is 9.96. The molecule has 0 saturated heterocycles. The molecular weight excluding hydrogens is 279 g/mol. The highest BCUT2D eigenvalue weighted by Gasteiger charge is 2.31. The van der Waals surface area contributed by atoms with Crippen LogP contribution in [0.2, 0.25) is 0 Å². The summed E-state index contributed by atoms with van der Waals surface area (Å²) in [5.74, 6) is 1.19. The van der Waals surface area contributed by atoms with Crippen molar-refractivity contribution in [2.24, 2.45) is 11.8 Å². The molecule has 1 rings (SSSR count). The lowest BCUT2D eigenvalue weighted by molar-refractivity contribution is -0.174. The second-order valence-electron chi connectivity index (χ2n) is 6.24. The molecule has 5 heteroatoms. The maximum atomic E-state index is 12.1. The first-order valence-corrected chi connectivity index (χ1v) is 8.34. The summed E-state index contributed by atoms with van der Waals surface area (Å²) < 4.78 is 41.1. The van der Waals surface area contributed by atoms with Gasteiger partial charge in [0.1, 0.15) is 6.61 Å². The zero-order valence-electron chi connectivity index (χ0n) is 13.3. The fraction of sp³-hybridized carbons (Fsp3) is 1.00. The van der Waals surface area contributed by atoms with E-state index in [1.807, 2.05) is 0 Å². The molecule has 1 aliphatic carbocycles. The summed E-state index contributed by atoms with van der Waals surface area (Å²) in [6.07, 6.45) is 3.56. The molecule has 0 aromatic heterocycles. The Kier molecular flexibility index (Phi) is 8.64. The van der Waals surface area contributed by atoms with Crippen molar-refractivity contribution in [1.29, 1.82) is 0 Å². The number of rotatable bonds is 9. The Morgan fingerprint density at radius 3 is 2.48 bits per heavy atom. The van der Waals surface area contributed by atoms with Crippen molar-refractivity contribution in [2.75, 3.05) is 19.8 Å². The van der Waals surface area contributed by atoms with Crippen molar-refractivity contribution in [3.63, 3.8) is 0 Å². The van der Waals surface area contributed by atoms with Crippen LogP contribution >= 0.6 is 0 Å². The van der Waals surface area contributed by atoms with Crippen LogP contribution in [0.5, 0.6) is 0 Å². The third kappa shape index (κ3) is 8.05. The minimum Gasteiger partial charge on any atom is -0.372 e. The maximum absolute atomic E-state index is 12.1. The van der Waals surface area contributed by atoms with Crippen LogP contribution in [0.3, 0.4) is 0 Å². The maximum Gasteiger partial charge on any atom is 0.411 e. The van der Waals surface area contributed by atoms with Crippen molar-refractivity contribution >= 4 is 0 Å². The van der Waals surface area contributed by atoms with Crippen LogP contribution in [-0.2, 0) is 4.74 Å². The van der Waals surface area contributed by atoms with Crippen LogP contribution in [0.25, 0.3) is 0 Å². The Bertz CT molecular complexity index is 271. The average Bonchev–Trinajstić information content (AvgIpc) is 2.42. The monoisotopic (exact) mass is 309 g/mol. The van der Waals surface area contributed by atoms with Crippen molar-refractivity contribution in [1.82, 2.24) is 5.32 Å². The third-order valence-corrected chi connectivity index (χ3v) is 4.34. The van der Waals surface area contributed by atoms with Gasteiger partial charge in [0.2, 0.25) is 0 Å². The molecule has 1 saturated carbocycles. The summed E-state index contributed by atoms with van der Waals surface area (Å²) >= 11 is 0. The summed E-state index contributed by atoms with van der Waals surface area (Å²) in [4.78, 5) is 0. The fourth-order valence-corrected chi connectivity index (χ4v) is 3.37. The van der Waals surface area contributed by atoms with E-state index >= 15 is 0 Å². The highest BCUT2D eigenvalue weighted by molar-refractivity contribution is 4.84. The molecule has 3 unspecified atom stereocenters. The second-order valence-corrected chi connectivity index (χ2v) is 6.24. The van der Waals surface area contributed by atoms with Gasteiger partial charge in [-0.2, -0.15) is 13.2 Å². The lowest BCUT2D eigenvalue weighted by Gasteiger charge is -2.37. The van der Waals surface area contributed by atoms with Crippen LogP contribution in [0.15, 0.2) is 0 Å². The van der Waals surface area contributed by atoms with Gasteiger partial charge >= 0.3 is 6.18 Å². The zero-order chi connectivity index (χ0) is 15.7. The van der Waals surface area contributed by atoms with Crippen molar-refractivity contribution in [3.8, 4) is 0 Å². The van der Waals surface area contributed by atoms with Gasteiger partial charge in [-0.25, -0.2) is 0 Å². The van der Waals surface area contributed by atoms with Gasteiger partial charge in [0.15, 0.2) is 0 Å². The summed E-state index contributed by atoms with van der Waals surface area (Å²) in [7, 11) is 0. The molecule has 1 aliphatic rings. The summed E-state index contributed by atoms with van der Waals surface area (Å²) in [6, 6.07) is 0.451. The van der Waals surface area contributed by atoms with E-state index in [0.29, 0.717) is 12.0 Å². The standard InChI is InChI=1S/C16H30F3NO/c1-3-5-13-6-7-15(20-9-4-2)14(11-13)8-10-21-12-16(17,18)19/h13-15,20H,3-12H2,1-2H3. The van der Waals surface area contributed by atoms with Gasteiger partial charge in [0, 0.05) is 12.6 Å². The SMILES string of the molecule is CCCNC1CCC(CCC)CC1CCOCC(F)(F)F. The molecule has 126 valence electrons. The molecule has 0 aromatic carbocycles. The lowest BCUT2D eigenvalue weighted by atomic mass is 9.75. The third-order valence-electron chi connectivity index (χ3n) is 4.34. The molecule has 0 heterocycles. The number of nitrogens with one attached hydrogen (secondary N) is 1. The average molecular weight is 309 g/mol. The summed E-state index contributed by atoms with van der Waals surface area (Å²) in [5, 5.41) is 3.56. The normalized spacial score (nSPS) is 27.0. The van der Waals surface area contributed by atoms with Gasteiger partial charge < -0.3 is 10.1 Å². The van der Waals surface area contributed by atoms with E-state index in [-0.39, 0.29) is 6.61 Å². The number of halogens is 3. The number of hydrogen-bond acceptors (Lipinski definition) is 2. The topological polar surface area (TPSA) is 21.3 Å². The molecular formula is C16H30F3NO. The Labute approximate surface area is 126 Å². The van der Waals surface area contributed by atoms with E-state index in [2.05, 4.69) is 19.2 Å². The molecule has 0 bridgehead atoms. The zero-order valence-corrected chi connectivity index (χ0v) is 13.3. The van der Waals surface area contributed by atoms with Gasteiger partial charge in [-0.1, -0.05) is 26.7 Å². The minimum absolute atomic E-state index is 0.216. The highest BCUT2D eigenvalue weighted by atomic mass is 19.4. The van der Waals surface area contributed by atoms with Gasteiger partial charge in [-0.05, 0) is 50.5 Å². The van der Waals surface area contributed by atoms with E-state index in [9.17, 15) is 13.2 Å². The number of alkyl halides is 3. The Morgan fingerprint density at radius 1 is 1.10 bits per heavy atom. The molecule has 21 heavy (non-hydrogen) atoms. The van der Waals surface area contributed by atoms with Crippen LogP contribution < -0.4 is 5.32 Å². The van der Waals surface area contributed by atoms with E-state index in [4.69, 9.17) is 4.74 Å². The van der Waals surface area contributed by atoms with E-state index < -0.39 is 12.8 Å². The van der Waals surface area contributed by atoms with Crippen LogP contribution in [0.4, 0.5) is 13.2 Å². The highest BCUT2D eigenvalue weighted by Crippen LogP contribution is 2.34. The van der Waals surface area contributed by atoms with E-state index in [0.717, 1.165) is 38.1 Å². The molecule has 3 atom stereocenters. The van der Waals surface area contributed by atoms with Crippen molar-refractivity contribution < 1.29 is 17.9 Å². The predicted molar refractivity (Wildman–Crippen MR) is 79.3 cm³/mol. The van der Waals surface area contributed by atoms with Crippen LogP contribution in [0, 0.1) is 11.8 Å². The van der Waals surface area contributed by atoms with Crippen molar-refractivity contribution in [2.45, 2.75) is 71.0 Å². The summed E-state index contributed by atoms with van der Waals surface area (Å²) in [5.41, 5.74) is 0. The van der Waals surface area contributed by atoms with Gasteiger partial charge in [0.05, 0.1) is 0 Å². The van der Waals surface area contributed by atoms with Crippen molar-refractivity contribution in [3.05, 3.63) is 0 Å². The Balaban J connectivity index is 2.38. The molecule has 0 spiro atoms. The van der Waals surface area contributed by atoms with E-state index in [1.165, 1.54) is 19.3 Å². The van der Waals surface area contributed by atoms with Gasteiger partial charge in [-0.3, -0.25) is 0 Å². The molecule has 0 amide bonds. The van der Waals surface area contributed by atoms with Crippen LogP contribution in [0.1, 0.15) is 58.8 Å². The Morgan fingerprint density at radius 2 is 1.86 bits per heavy atom. The molecule has 1 fully saturated rings. The largest absolute Gasteiger partial charge is 0.411 e. The molecule has 1 N–H and O–H groups in total. The minimum atomic E-state index is -4.21. The first-order valence-electron chi connectivity index (χ1n) is 8.34. The predicted octanol–water partition coefficient (Wildman–Crippen LogP) is 4.54. The molecule has 0 aliphatic heterocycles. The summed E-state index contributed by atoms with van der Waals surface area (Å²) in [6.45, 7) is 4.42.